The number of aliphatic hydroxyl groups is 4. The van der Waals surface area contributed by atoms with Gasteiger partial charge in [-0.1, -0.05) is 48.0 Å². The van der Waals surface area contributed by atoms with Gasteiger partial charge in [0.25, 0.3) is 0 Å². The summed E-state index contributed by atoms with van der Waals surface area (Å²) in [7, 11) is 0. The lowest BCUT2D eigenvalue weighted by Gasteiger charge is -2.43. The van der Waals surface area contributed by atoms with E-state index in [0.29, 0.717) is 51.6 Å². The van der Waals surface area contributed by atoms with E-state index >= 15 is 0 Å². The first-order chi connectivity index (χ1) is 22.3. The van der Waals surface area contributed by atoms with E-state index in [2.05, 4.69) is 11.1 Å². The number of piperidine rings is 1. The van der Waals surface area contributed by atoms with E-state index in [1.807, 2.05) is 24.3 Å². The Hall–Kier alpha value is -4.08. The summed E-state index contributed by atoms with van der Waals surface area (Å²) in [6, 6.07) is 18.7. The second-order valence-electron chi connectivity index (χ2n) is 11.6. The highest BCUT2D eigenvalue weighted by atomic mass is 35.5. The second-order valence-corrected chi connectivity index (χ2v) is 12.0. The van der Waals surface area contributed by atoms with Gasteiger partial charge in [0.05, 0.1) is 29.3 Å². The Balaban J connectivity index is 1.31. The van der Waals surface area contributed by atoms with Crippen molar-refractivity contribution in [3.05, 3.63) is 112 Å². The number of rotatable bonds is 9. The van der Waals surface area contributed by atoms with Crippen LogP contribution in [-0.2, 0) is 19.6 Å². The average molecular weight is 646 g/mol. The topological polar surface area (TPSA) is 139 Å². The van der Waals surface area contributed by atoms with Crippen LogP contribution in [0.2, 0.25) is 5.02 Å². The van der Waals surface area contributed by atoms with E-state index in [0.717, 1.165) is 16.7 Å². The van der Waals surface area contributed by atoms with Crippen LogP contribution in [0.5, 0.6) is 11.5 Å². The predicted molar refractivity (Wildman–Crippen MR) is 168 cm³/mol. The highest BCUT2D eigenvalue weighted by Crippen LogP contribution is 2.43. The van der Waals surface area contributed by atoms with Gasteiger partial charge in [-0.3, -0.25) is 9.88 Å². The zero-order chi connectivity index (χ0) is 32.4. The Kier molecular flexibility index (Phi) is 9.52. The molecule has 5 atom stereocenters. The van der Waals surface area contributed by atoms with Crippen molar-refractivity contribution in [2.24, 2.45) is 0 Å². The number of ether oxygens (including phenoxy) is 2. The molecule has 9 nitrogen and oxygen atoms in total. The molecule has 2 heterocycles. The first kappa shape index (κ1) is 31.9. The quantitative estimate of drug-likeness (QED) is 0.210. The smallest absolute Gasteiger partial charge is 0.142 e. The van der Waals surface area contributed by atoms with Gasteiger partial charge in [-0.2, -0.15) is 5.26 Å². The van der Waals surface area contributed by atoms with E-state index in [1.54, 1.807) is 41.4 Å². The maximum absolute atomic E-state index is 14.7. The Bertz CT molecular complexity index is 1770. The lowest BCUT2D eigenvalue weighted by molar-refractivity contribution is -0.147. The molecular formula is C35H33ClFN3O6. The van der Waals surface area contributed by atoms with E-state index in [-0.39, 0.29) is 31.6 Å². The van der Waals surface area contributed by atoms with Crippen molar-refractivity contribution < 1.29 is 34.3 Å². The van der Waals surface area contributed by atoms with E-state index in [4.69, 9.17) is 21.1 Å². The van der Waals surface area contributed by atoms with Crippen LogP contribution in [0.4, 0.5) is 4.39 Å². The van der Waals surface area contributed by atoms with Crippen molar-refractivity contribution in [1.29, 1.82) is 5.26 Å². The number of pyridine rings is 1. The molecule has 4 aromatic rings. The van der Waals surface area contributed by atoms with Gasteiger partial charge in [-0.15, -0.1) is 0 Å². The zero-order valence-corrected chi connectivity index (χ0v) is 25.5. The van der Waals surface area contributed by atoms with E-state index in [9.17, 15) is 30.1 Å². The van der Waals surface area contributed by atoms with Crippen LogP contribution in [0.25, 0.3) is 11.1 Å². The first-order valence-electron chi connectivity index (χ1n) is 15.0. The monoisotopic (exact) mass is 645 g/mol. The molecule has 11 heteroatoms. The van der Waals surface area contributed by atoms with Crippen molar-refractivity contribution >= 4 is 11.6 Å². The molecule has 1 saturated heterocycles. The van der Waals surface area contributed by atoms with E-state index in [1.165, 1.54) is 12.3 Å². The predicted octanol–water partition coefficient (Wildman–Crippen LogP) is 4.32. The number of benzene rings is 3. The van der Waals surface area contributed by atoms with Gasteiger partial charge in [0.15, 0.2) is 0 Å². The lowest BCUT2D eigenvalue weighted by Crippen LogP contribution is -2.62. The number of fused-ring (bicyclic) bond motifs is 1. The molecule has 46 heavy (non-hydrogen) atoms. The van der Waals surface area contributed by atoms with Gasteiger partial charge >= 0.3 is 0 Å². The normalized spacial score (nSPS) is 22.7. The summed E-state index contributed by atoms with van der Waals surface area (Å²) < 4.78 is 27.4. The minimum atomic E-state index is -1.39. The van der Waals surface area contributed by atoms with Crippen LogP contribution in [0.3, 0.4) is 0 Å². The molecule has 1 aliphatic carbocycles. The van der Waals surface area contributed by atoms with Gasteiger partial charge in [-0.25, -0.2) is 4.39 Å². The third-order valence-corrected chi connectivity index (χ3v) is 8.97. The van der Waals surface area contributed by atoms with Crippen LogP contribution < -0.4 is 9.47 Å². The van der Waals surface area contributed by atoms with Crippen LogP contribution >= 0.6 is 11.6 Å². The molecule has 1 aromatic heterocycles. The van der Waals surface area contributed by atoms with E-state index < -0.39 is 31.0 Å². The minimum absolute atomic E-state index is 0.00387. The van der Waals surface area contributed by atoms with Crippen molar-refractivity contribution in [2.45, 2.75) is 56.5 Å². The summed E-state index contributed by atoms with van der Waals surface area (Å²) >= 11 is 6.80. The third-order valence-electron chi connectivity index (χ3n) is 8.67. The van der Waals surface area contributed by atoms with Crippen LogP contribution in [0.1, 0.15) is 40.3 Å². The minimum Gasteiger partial charge on any atom is -0.488 e. The fraction of sp³-hybridized carbons (Fsp3) is 0.314. The molecule has 1 fully saturated rings. The molecule has 0 radical (unpaired) electrons. The summed E-state index contributed by atoms with van der Waals surface area (Å²) in [5, 5.41) is 50.7. The number of likely N-dealkylation sites (tertiary alicyclic amines) is 1. The summed E-state index contributed by atoms with van der Waals surface area (Å²) in [6.07, 6.45) is 0.0715. The number of aromatic nitrogens is 1. The summed E-state index contributed by atoms with van der Waals surface area (Å²) in [6.45, 7) is -0.257. The molecule has 4 N–H and O–H groups in total. The number of aliphatic hydroxyl groups excluding tert-OH is 4. The van der Waals surface area contributed by atoms with Gasteiger partial charge in [0.2, 0.25) is 0 Å². The Morgan fingerprint density at radius 2 is 1.80 bits per heavy atom. The summed E-state index contributed by atoms with van der Waals surface area (Å²) in [5.74, 6) is 0.473. The molecule has 0 bridgehead atoms. The molecule has 238 valence electrons. The van der Waals surface area contributed by atoms with Crippen LogP contribution in [0, 0.1) is 17.1 Å². The fourth-order valence-corrected chi connectivity index (χ4v) is 6.55. The molecule has 2 aliphatic rings. The summed E-state index contributed by atoms with van der Waals surface area (Å²) in [5.41, 5.74) is 4.97. The number of hydrogen-bond acceptors (Lipinski definition) is 9. The Labute approximate surface area is 270 Å². The maximum atomic E-state index is 14.7. The highest BCUT2D eigenvalue weighted by molar-refractivity contribution is 6.32. The molecule has 1 unspecified atom stereocenters. The third kappa shape index (κ3) is 6.44. The van der Waals surface area contributed by atoms with Crippen molar-refractivity contribution in [2.75, 3.05) is 13.2 Å². The highest BCUT2D eigenvalue weighted by Gasteiger charge is 2.41. The molecule has 6 rings (SSSR count). The molecule has 3 aromatic carbocycles. The largest absolute Gasteiger partial charge is 0.488 e. The van der Waals surface area contributed by atoms with Crippen LogP contribution in [0.15, 0.2) is 73.1 Å². The van der Waals surface area contributed by atoms with Gasteiger partial charge in [0, 0.05) is 48.2 Å². The van der Waals surface area contributed by atoms with Crippen molar-refractivity contribution in [1.82, 2.24) is 9.88 Å². The molecular weight excluding hydrogens is 613 g/mol. The number of nitrogens with zero attached hydrogens (tertiary/aromatic N) is 3. The number of β-amino-alcohol motifs (C(OH)–C–C–N with tert-alkyl or cyclic N) is 1. The second kappa shape index (κ2) is 13.7. The number of hydrogen-bond donors (Lipinski definition) is 4. The van der Waals surface area contributed by atoms with Crippen LogP contribution in [-0.4, -0.2) is 67.8 Å². The van der Waals surface area contributed by atoms with Crippen molar-refractivity contribution in [3.8, 4) is 28.7 Å². The molecule has 0 saturated carbocycles. The number of halogens is 2. The van der Waals surface area contributed by atoms with Gasteiger partial charge < -0.3 is 29.9 Å². The van der Waals surface area contributed by atoms with Crippen molar-refractivity contribution in [3.63, 3.8) is 0 Å². The molecule has 1 aliphatic heterocycles. The molecule has 0 amide bonds. The fourth-order valence-electron chi connectivity index (χ4n) is 6.32. The first-order valence-corrected chi connectivity index (χ1v) is 15.4. The average Bonchev–Trinajstić information content (AvgIpc) is 3.47. The zero-order valence-electron chi connectivity index (χ0n) is 24.8. The number of nitriles is 1. The summed E-state index contributed by atoms with van der Waals surface area (Å²) in [4.78, 5) is 5.76. The lowest BCUT2D eigenvalue weighted by atomic mass is 9.93. The Morgan fingerprint density at radius 3 is 2.59 bits per heavy atom. The van der Waals surface area contributed by atoms with Gasteiger partial charge in [0.1, 0.15) is 48.3 Å². The Morgan fingerprint density at radius 1 is 1.00 bits per heavy atom. The standard InChI is InChI=1S/C35H33ClFN3O6/c36-27-11-22(16-40-17-30(42)35(44)34(43)29(40)18-41)32(45-19-21-10-20(13-38)14-39-15-21)12-33(27)46-31-9-8-24-23(5-3-6-26(24)31)25-4-1-2-7-28(25)37/h1-7,10-12,14-15,29-31,34-35,41-44H,8-9,16-19H2/t29-,30+,31+,34?,35-/m1/s1. The SMILES string of the molecule is N#Cc1cncc(COc2cc(O[C@H]3CCc4c(-c5ccccc5F)cccc43)c(Cl)cc2CN2C[C@H](O)[C@@H](O)C(O)[C@H]2CO)c1. The maximum Gasteiger partial charge on any atom is 0.142 e. The van der Waals surface area contributed by atoms with Gasteiger partial charge in [-0.05, 0) is 47.7 Å². The molecule has 0 spiro atoms.